The molecule has 0 unspecified atom stereocenters. The fourth-order valence-corrected chi connectivity index (χ4v) is 3.69. The summed E-state index contributed by atoms with van der Waals surface area (Å²) in [6, 6.07) is 4.71. The van der Waals surface area contributed by atoms with Crippen LogP contribution >= 0.6 is 0 Å². The van der Waals surface area contributed by atoms with Crippen LogP contribution in [0.3, 0.4) is 0 Å². The molecule has 0 saturated carbocycles. The van der Waals surface area contributed by atoms with Crippen molar-refractivity contribution >= 4 is 16.0 Å². The minimum atomic E-state index is -4.04. The van der Waals surface area contributed by atoms with Gasteiger partial charge in [0.25, 0.3) is 0 Å². The van der Waals surface area contributed by atoms with Gasteiger partial charge in [0, 0.05) is 5.54 Å². The first-order chi connectivity index (χ1) is 10.2. The molecule has 0 bridgehead atoms. The van der Waals surface area contributed by atoms with Crippen molar-refractivity contribution in [3.05, 3.63) is 30.1 Å². The van der Waals surface area contributed by atoms with Crippen molar-refractivity contribution in [2.24, 2.45) is 0 Å². The van der Waals surface area contributed by atoms with Gasteiger partial charge in [-0.1, -0.05) is 6.07 Å². The normalized spacial score (nSPS) is 13.2. The molecule has 1 aromatic carbocycles. The number of rotatable bonds is 4. The second kappa shape index (κ2) is 6.57. The van der Waals surface area contributed by atoms with Crippen LogP contribution in [0.25, 0.3) is 0 Å². The van der Waals surface area contributed by atoms with Gasteiger partial charge in [-0.2, -0.15) is 4.31 Å². The smallest absolute Gasteiger partial charge is 0.321 e. The molecule has 0 atom stereocenters. The third kappa shape index (κ3) is 5.58. The van der Waals surface area contributed by atoms with Crippen LogP contribution in [0.4, 0.5) is 4.39 Å². The van der Waals surface area contributed by atoms with Crippen LogP contribution < -0.4 is 0 Å². The molecule has 0 aliphatic rings. The number of benzene rings is 1. The third-order valence-corrected chi connectivity index (χ3v) is 4.93. The van der Waals surface area contributed by atoms with Gasteiger partial charge in [-0.25, -0.2) is 12.8 Å². The zero-order valence-corrected chi connectivity index (χ0v) is 15.2. The van der Waals surface area contributed by atoms with Crippen molar-refractivity contribution in [1.29, 1.82) is 0 Å². The molecule has 0 spiro atoms. The number of nitrogens with zero attached hydrogens (tertiary/aromatic N) is 1. The molecular formula is C16H24FNO4S. The Kier molecular flexibility index (Phi) is 5.59. The zero-order valence-electron chi connectivity index (χ0n) is 14.4. The maximum atomic E-state index is 13.4. The molecule has 0 saturated heterocycles. The monoisotopic (exact) mass is 345 g/mol. The van der Waals surface area contributed by atoms with E-state index in [2.05, 4.69) is 0 Å². The minimum absolute atomic E-state index is 0.198. The molecule has 0 amide bonds. The van der Waals surface area contributed by atoms with Crippen molar-refractivity contribution in [1.82, 2.24) is 4.31 Å². The van der Waals surface area contributed by atoms with Gasteiger partial charge in [-0.3, -0.25) is 4.79 Å². The number of ether oxygens (including phenoxy) is 1. The van der Waals surface area contributed by atoms with E-state index >= 15 is 0 Å². The first kappa shape index (κ1) is 19.6. The summed E-state index contributed by atoms with van der Waals surface area (Å²) in [5, 5.41) is 0. The lowest BCUT2D eigenvalue weighted by Gasteiger charge is -2.34. The van der Waals surface area contributed by atoms with Gasteiger partial charge in [0.15, 0.2) is 0 Å². The average molecular weight is 345 g/mol. The van der Waals surface area contributed by atoms with Gasteiger partial charge in [-0.05, 0) is 59.7 Å². The van der Waals surface area contributed by atoms with E-state index in [4.69, 9.17) is 4.74 Å². The van der Waals surface area contributed by atoms with Crippen LogP contribution in [-0.4, -0.2) is 36.4 Å². The molecule has 23 heavy (non-hydrogen) atoms. The third-order valence-electron chi connectivity index (χ3n) is 2.83. The fourth-order valence-electron chi connectivity index (χ4n) is 1.93. The quantitative estimate of drug-likeness (QED) is 0.787. The van der Waals surface area contributed by atoms with Crippen LogP contribution in [0.1, 0.15) is 41.5 Å². The van der Waals surface area contributed by atoms with Crippen molar-refractivity contribution in [2.75, 3.05) is 6.54 Å². The van der Waals surface area contributed by atoms with E-state index in [0.717, 1.165) is 16.4 Å². The van der Waals surface area contributed by atoms with E-state index in [1.807, 2.05) is 0 Å². The molecule has 0 N–H and O–H groups in total. The highest BCUT2D eigenvalue weighted by Gasteiger charge is 2.36. The molecule has 1 aromatic rings. The number of hydrogen-bond donors (Lipinski definition) is 0. The average Bonchev–Trinajstić information content (AvgIpc) is 2.32. The van der Waals surface area contributed by atoms with Crippen LogP contribution in [0.15, 0.2) is 29.2 Å². The second-order valence-electron chi connectivity index (χ2n) is 7.23. The first-order valence-electron chi connectivity index (χ1n) is 7.24. The molecule has 7 heteroatoms. The summed E-state index contributed by atoms with van der Waals surface area (Å²) >= 11 is 0. The highest BCUT2D eigenvalue weighted by Crippen LogP contribution is 2.25. The maximum absolute atomic E-state index is 13.4. The Labute approximate surface area is 137 Å². The summed E-state index contributed by atoms with van der Waals surface area (Å²) in [4.78, 5) is 11.9. The van der Waals surface area contributed by atoms with E-state index < -0.39 is 39.5 Å². The fraction of sp³-hybridized carbons (Fsp3) is 0.562. The predicted octanol–water partition coefficient (Wildman–Crippen LogP) is 2.96. The number of halogens is 1. The highest BCUT2D eigenvalue weighted by molar-refractivity contribution is 7.89. The summed E-state index contributed by atoms with van der Waals surface area (Å²) in [5.74, 6) is -1.32. The van der Waals surface area contributed by atoms with E-state index in [-0.39, 0.29) is 4.90 Å². The Bertz CT molecular complexity index is 672. The van der Waals surface area contributed by atoms with Gasteiger partial charge in [0.05, 0.1) is 4.90 Å². The molecule has 130 valence electrons. The van der Waals surface area contributed by atoms with E-state index in [9.17, 15) is 17.6 Å². The van der Waals surface area contributed by atoms with E-state index in [0.29, 0.717) is 0 Å². The standard InChI is InChI=1S/C16H24FNO4S/c1-15(2,3)18(11-14(19)22-16(4,5)6)23(20,21)13-9-7-8-12(17)10-13/h7-10H,11H2,1-6H3. The molecule has 0 heterocycles. The maximum Gasteiger partial charge on any atom is 0.321 e. The highest BCUT2D eigenvalue weighted by atomic mass is 32.2. The van der Waals surface area contributed by atoms with E-state index in [1.54, 1.807) is 41.5 Å². The Morgan fingerprint density at radius 1 is 1.17 bits per heavy atom. The van der Waals surface area contributed by atoms with Gasteiger partial charge in [-0.15, -0.1) is 0 Å². The predicted molar refractivity (Wildman–Crippen MR) is 85.9 cm³/mol. The topological polar surface area (TPSA) is 63.7 Å². The summed E-state index contributed by atoms with van der Waals surface area (Å²) < 4.78 is 45.2. The SMILES string of the molecule is CC(C)(C)OC(=O)CN(C(C)(C)C)S(=O)(=O)c1cccc(F)c1. The summed E-state index contributed by atoms with van der Waals surface area (Å²) in [6.07, 6.45) is 0. The van der Waals surface area contributed by atoms with Crippen molar-refractivity contribution in [2.45, 2.75) is 57.6 Å². The van der Waals surface area contributed by atoms with Gasteiger partial charge < -0.3 is 4.74 Å². The minimum Gasteiger partial charge on any atom is -0.459 e. The van der Waals surface area contributed by atoms with Gasteiger partial charge in [0.2, 0.25) is 10.0 Å². The first-order valence-corrected chi connectivity index (χ1v) is 8.68. The van der Waals surface area contributed by atoms with Crippen molar-refractivity contribution < 1.29 is 22.3 Å². The van der Waals surface area contributed by atoms with Crippen LogP contribution in [0.2, 0.25) is 0 Å². The second-order valence-corrected chi connectivity index (χ2v) is 9.09. The number of sulfonamides is 1. The molecule has 0 radical (unpaired) electrons. The summed E-state index contributed by atoms with van der Waals surface area (Å²) in [6.45, 7) is 9.64. The zero-order chi connectivity index (χ0) is 18.1. The van der Waals surface area contributed by atoms with Crippen LogP contribution in [0, 0.1) is 5.82 Å². The molecule has 0 aliphatic heterocycles. The van der Waals surface area contributed by atoms with Crippen LogP contribution in [-0.2, 0) is 19.6 Å². The Morgan fingerprint density at radius 2 is 1.74 bits per heavy atom. The molecule has 0 fully saturated rings. The lowest BCUT2D eigenvalue weighted by Crippen LogP contribution is -2.49. The van der Waals surface area contributed by atoms with Crippen LogP contribution in [0.5, 0.6) is 0 Å². The lowest BCUT2D eigenvalue weighted by atomic mass is 10.1. The largest absolute Gasteiger partial charge is 0.459 e. The Hall–Kier alpha value is -1.47. The Balaban J connectivity index is 3.20. The van der Waals surface area contributed by atoms with Crippen molar-refractivity contribution in [3.63, 3.8) is 0 Å². The molecular weight excluding hydrogens is 321 g/mol. The van der Waals surface area contributed by atoms with Gasteiger partial charge in [0.1, 0.15) is 18.0 Å². The van der Waals surface area contributed by atoms with E-state index in [1.165, 1.54) is 12.1 Å². The summed E-state index contributed by atoms with van der Waals surface area (Å²) in [7, 11) is -4.04. The number of carbonyl (C=O) groups is 1. The molecule has 1 rings (SSSR count). The van der Waals surface area contributed by atoms with Crippen molar-refractivity contribution in [3.8, 4) is 0 Å². The molecule has 0 aromatic heterocycles. The molecule has 0 aliphatic carbocycles. The molecule has 5 nitrogen and oxygen atoms in total. The summed E-state index contributed by atoms with van der Waals surface area (Å²) in [5.41, 5.74) is -1.59. The number of esters is 1. The number of carbonyl (C=O) groups excluding carboxylic acids is 1. The van der Waals surface area contributed by atoms with Gasteiger partial charge >= 0.3 is 5.97 Å². The Morgan fingerprint density at radius 3 is 2.17 bits per heavy atom. The lowest BCUT2D eigenvalue weighted by molar-refractivity contribution is -0.155. The number of hydrogen-bond acceptors (Lipinski definition) is 4.